The third-order valence-electron chi connectivity index (χ3n) is 2.55. The molecule has 14 heavy (non-hydrogen) atoms. The van der Waals surface area contributed by atoms with Gasteiger partial charge in [-0.15, -0.1) is 0 Å². The molecule has 0 saturated heterocycles. The van der Waals surface area contributed by atoms with Gasteiger partial charge in [-0.05, 0) is 19.3 Å². The average Bonchev–Trinajstić information content (AvgIpc) is 2.14. The van der Waals surface area contributed by atoms with Crippen molar-refractivity contribution >= 4 is 5.78 Å². The number of rotatable bonds is 3. The van der Waals surface area contributed by atoms with Crippen LogP contribution in [-0.4, -0.2) is 5.78 Å². The molecule has 0 aliphatic heterocycles. The second-order valence-corrected chi connectivity index (χ2v) is 4.93. The largest absolute Gasteiger partial charge is 0.299 e. The van der Waals surface area contributed by atoms with Crippen molar-refractivity contribution in [2.24, 2.45) is 5.41 Å². The SMILES string of the molecule is CC(C)(C)C(=O)CCC1=CCCC=C1. The molecular weight excluding hydrogens is 172 g/mol. The zero-order valence-corrected chi connectivity index (χ0v) is 9.47. The monoisotopic (exact) mass is 192 g/mol. The summed E-state index contributed by atoms with van der Waals surface area (Å²) >= 11 is 0. The summed E-state index contributed by atoms with van der Waals surface area (Å²) in [6.45, 7) is 5.96. The molecule has 1 aliphatic rings. The second-order valence-electron chi connectivity index (χ2n) is 4.93. The summed E-state index contributed by atoms with van der Waals surface area (Å²) in [6.07, 6.45) is 10.5. The summed E-state index contributed by atoms with van der Waals surface area (Å²) in [4.78, 5) is 11.7. The molecule has 0 aromatic rings. The van der Waals surface area contributed by atoms with Crippen LogP contribution < -0.4 is 0 Å². The first kappa shape index (κ1) is 11.2. The number of Topliss-reactive ketones (excluding diaryl/α,β-unsaturated/α-hetero) is 1. The molecule has 0 N–H and O–H groups in total. The first-order valence-electron chi connectivity index (χ1n) is 5.39. The maximum absolute atomic E-state index is 11.7. The van der Waals surface area contributed by atoms with E-state index in [2.05, 4.69) is 18.2 Å². The van der Waals surface area contributed by atoms with Crippen LogP contribution >= 0.6 is 0 Å². The Morgan fingerprint density at radius 2 is 2.07 bits per heavy atom. The van der Waals surface area contributed by atoms with Crippen LogP contribution in [0.15, 0.2) is 23.8 Å². The minimum Gasteiger partial charge on any atom is -0.299 e. The lowest BCUT2D eigenvalue weighted by Crippen LogP contribution is -2.19. The standard InChI is InChI=1S/C13H20O/c1-13(2,3)12(14)10-9-11-7-5-4-6-8-11/h5,7-8H,4,6,9-10H2,1-3H3. The molecule has 0 saturated carbocycles. The Hall–Kier alpha value is -0.850. The highest BCUT2D eigenvalue weighted by Crippen LogP contribution is 2.21. The van der Waals surface area contributed by atoms with Gasteiger partial charge in [-0.2, -0.15) is 0 Å². The van der Waals surface area contributed by atoms with Crippen LogP contribution in [0.1, 0.15) is 46.5 Å². The Morgan fingerprint density at radius 1 is 1.36 bits per heavy atom. The number of hydrogen-bond donors (Lipinski definition) is 0. The van der Waals surface area contributed by atoms with Crippen molar-refractivity contribution in [3.8, 4) is 0 Å². The van der Waals surface area contributed by atoms with Gasteiger partial charge in [0.05, 0.1) is 0 Å². The molecule has 0 amide bonds. The number of carbonyl (C=O) groups excluding carboxylic acids is 1. The minimum atomic E-state index is -0.182. The lowest BCUT2D eigenvalue weighted by Gasteiger charge is -2.16. The van der Waals surface area contributed by atoms with Gasteiger partial charge in [-0.25, -0.2) is 0 Å². The number of carbonyl (C=O) groups is 1. The van der Waals surface area contributed by atoms with E-state index in [1.54, 1.807) is 0 Å². The van der Waals surface area contributed by atoms with Crippen LogP contribution in [0.2, 0.25) is 0 Å². The summed E-state index contributed by atoms with van der Waals surface area (Å²) < 4.78 is 0. The van der Waals surface area contributed by atoms with Crippen molar-refractivity contribution in [3.05, 3.63) is 23.8 Å². The van der Waals surface area contributed by atoms with E-state index in [1.807, 2.05) is 20.8 Å². The van der Waals surface area contributed by atoms with E-state index in [1.165, 1.54) is 5.57 Å². The van der Waals surface area contributed by atoms with Crippen LogP contribution in [0, 0.1) is 5.41 Å². The first-order chi connectivity index (χ1) is 6.50. The summed E-state index contributed by atoms with van der Waals surface area (Å²) in [5.74, 6) is 0.359. The molecule has 0 aromatic carbocycles. The zero-order valence-electron chi connectivity index (χ0n) is 9.47. The van der Waals surface area contributed by atoms with Crippen molar-refractivity contribution in [1.29, 1.82) is 0 Å². The highest BCUT2D eigenvalue weighted by Gasteiger charge is 2.20. The van der Waals surface area contributed by atoms with Gasteiger partial charge in [0.2, 0.25) is 0 Å². The fraction of sp³-hybridized carbons (Fsp3) is 0.615. The van der Waals surface area contributed by atoms with Crippen molar-refractivity contribution in [1.82, 2.24) is 0 Å². The van der Waals surface area contributed by atoms with Crippen molar-refractivity contribution in [2.45, 2.75) is 46.5 Å². The van der Waals surface area contributed by atoms with E-state index in [0.29, 0.717) is 12.2 Å². The Bertz CT molecular complexity index is 263. The van der Waals surface area contributed by atoms with E-state index in [-0.39, 0.29) is 5.41 Å². The molecule has 0 aromatic heterocycles. The lowest BCUT2D eigenvalue weighted by molar-refractivity contribution is -0.126. The van der Waals surface area contributed by atoms with E-state index in [4.69, 9.17) is 0 Å². The van der Waals surface area contributed by atoms with Gasteiger partial charge < -0.3 is 0 Å². The molecule has 1 aliphatic carbocycles. The molecule has 0 unspecified atom stereocenters. The molecule has 1 heteroatoms. The summed E-state index contributed by atoms with van der Waals surface area (Å²) in [7, 11) is 0. The van der Waals surface area contributed by atoms with Crippen LogP contribution in [0.3, 0.4) is 0 Å². The summed E-state index contributed by atoms with van der Waals surface area (Å²) in [6, 6.07) is 0. The highest BCUT2D eigenvalue weighted by molar-refractivity contribution is 5.83. The molecule has 0 atom stereocenters. The Morgan fingerprint density at radius 3 is 2.57 bits per heavy atom. The molecule has 1 nitrogen and oxygen atoms in total. The molecule has 0 bridgehead atoms. The maximum Gasteiger partial charge on any atom is 0.138 e. The van der Waals surface area contributed by atoms with E-state index < -0.39 is 0 Å². The number of ketones is 1. The fourth-order valence-corrected chi connectivity index (χ4v) is 1.49. The van der Waals surface area contributed by atoms with Crippen molar-refractivity contribution in [3.63, 3.8) is 0 Å². The maximum atomic E-state index is 11.7. The van der Waals surface area contributed by atoms with Crippen molar-refractivity contribution < 1.29 is 4.79 Å². The van der Waals surface area contributed by atoms with Crippen LogP contribution in [0.5, 0.6) is 0 Å². The topological polar surface area (TPSA) is 17.1 Å². The molecule has 0 fully saturated rings. The smallest absolute Gasteiger partial charge is 0.138 e. The second kappa shape index (κ2) is 4.59. The van der Waals surface area contributed by atoms with Crippen LogP contribution in [0.4, 0.5) is 0 Å². The third-order valence-corrected chi connectivity index (χ3v) is 2.55. The molecule has 0 heterocycles. The van der Waals surface area contributed by atoms with Crippen LogP contribution in [-0.2, 0) is 4.79 Å². The van der Waals surface area contributed by atoms with Gasteiger partial charge in [0.15, 0.2) is 0 Å². The summed E-state index contributed by atoms with van der Waals surface area (Å²) in [5, 5.41) is 0. The van der Waals surface area contributed by atoms with E-state index in [9.17, 15) is 4.79 Å². The molecule has 78 valence electrons. The Kier molecular flexibility index (Phi) is 3.68. The number of hydrogen-bond acceptors (Lipinski definition) is 1. The van der Waals surface area contributed by atoms with Gasteiger partial charge in [-0.1, -0.05) is 44.6 Å². The van der Waals surface area contributed by atoms with Gasteiger partial charge in [0, 0.05) is 11.8 Å². The molecule has 1 rings (SSSR count). The van der Waals surface area contributed by atoms with Gasteiger partial charge >= 0.3 is 0 Å². The lowest BCUT2D eigenvalue weighted by atomic mass is 9.87. The minimum absolute atomic E-state index is 0.182. The quantitative estimate of drug-likeness (QED) is 0.667. The van der Waals surface area contributed by atoms with Crippen molar-refractivity contribution in [2.75, 3.05) is 0 Å². The zero-order chi connectivity index (χ0) is 10.6. The number of allylic oxidation sites excluding steroid dienone is 4. The molecule has 0 radical (unpaired) electrons. The predicted molar refractivity (Wildman–Crippen MR) is 60.2 cm³/mol. The average molecular weight is 192 g/mol. The molecular formula is C13H20O. The Labute approximate surface area is 86.9 Å². The predicted octanol–water partition coefficient (Wildman–Crippen LogP) is 3.66. The Balaban J connectivity index is 2.37. The molecule has 0 spiro atoms. The van der Waals surface area contributed by atoms with Gasteiger partial charge in [0.25, 0.3) is 0 Å². The fourth-order valence-electron chi connectivity index (χ4n) is 1.49. The van der Waals surface area contributed by atoms with Crippen LogP contribution in [0.25, 0.3) is 0 Å². The van der Waals surface area contributed by atoms with Gasteiger partial charge in [-0.3, -0.25) is 4.79 Å². The first-order valence-corrected chi connectivity index (χ1v) is 5.39. The van der Waals surface area contributed by atoms with Gasteiger partial charge in [0.1, 0.15) is 5.78 Å². The third kappa shape index (κ3) is 3.49. The summed E-state index contributed by atoms with van der Waals surface area (Å²) in [5.41, 5.74) is 1.15. The van der Waals surface area contributed by atoms with E-state index in [0.717, 1.165) is 19.3 Å². The highest BCUT2D eigenvalue weighted by atomic mass is 16.1. The van der Waals surface area contributed by atoms with E-state index >= 15 is 0 Å². The normalized spacial score (nSPS) is 16.6.